The molecule has 3 atom stereocenters. The average molecular weight is 353 g/mol. The Kier molecular flexibility index (Phi) is 4.49. The van der Waals surface area contributed by atoms with Crippen molar-refractivity contribution in [2.45, 2.75) is 50.7 Å². The van der Waals surface area contributed by atoms with Crippen molar-refractivity contribution < 1.29 is 14.7 Å². The van der Waals surface area contributed by atoms with Crippen molar-refractivity contribution in [1.82, 2.24) is 14.7 Å². The molecule has 1 aliphatic carbocycles. The molecule has 2 fully saturated rings. The standard InChI is InChI=1S/C20H23N3O3/c24-19(16-11-21-22(13-16)12-14-6-2-1-3-7-14)23-17-9-5-4-8-15(17)10-18(23)20(25)26/h1-3,6-7,11,13,15,17-18H,4-5,8-10,12H2,(H,25,26)/t15-,17+,18-/m0/s1. The average Bonchev–Trinajstić information content (AvgIpc) is 3.26. The fraction of sp³-hybridized carbons (Fsp3) is 0.450. The Morgan fingerprint density at radius 1 is 1.15 bits per heavy atom. The van der Waals surface area contributed by atoms with Crippen molar-refractivity contribution in [1.29, 1.82) is 0 Å². The zero-order chi connectivity index (χ0) is 18.1. The number of carboxylic acids is 1. The van der Waals surface area contributed by atoms with Crippen LogP contribution in [0.4, 0.5) is 0 Å². The summed E-state index contributed by atoms with van der Waals surface area (Å²) in [5, 5.41) is 13.9. The van der Waals surface area contributed by atoms with Crippen molar-refractivity contribution in [2.75, 3.05) is 0 Å². The topological polar surface area (TPSA) is 75.4 Å². The van der Waals surface area contributed by atoms with E-state index in [2.05, 4.69) is 5.10 Å². The Labute approximate surface area is 152 Å². The molecule has 0 unspecified atom stereocenters. The molecule has 1 saturated heterocycles. The van der Waals surface area contributed by atoms with E-state index >= 15 is 0 Å². The summed E-state index contributed by atoms with van der Waals surface area (Å²) in [4.78, 5) is 26.4. The Balaban J connectivity index is 1.55. The largest absolute Gasteiger partial charge is 0.480 e. The van der Waals surface area contributed by atoms with Gasteiger partial charge in [-0.25, -0.2) is 4.79 Å². The number of fused-ring (bicyclic) bond motifs is 1. The minimum Gasteiger partial charge on any atom is -0.480 e. The quantitative estimate of drug-likeness (QED) is 0.917. The molecule has 26 heavy (non-hydrogen) atoms. The number of likely N-dealkylation sites (tertiary alicyclic amines) is 1. The van der Waals surface area contributed by atoms with Gasteiger partial charge >= 0.3 is 5.97 Å². The lowest BCUT2D eigenvalue weighted by molar-refractivity contribution is -0.141. The molecule has 0 bridgehead atoms. The molecule has 1 saturated carbocycles. The maximum Gasteiger partial charge on any atom is 0.326 e. The number of aliphatic carboxylic acids is 1. The number of carbonyl (C=O) groups is 2. The molecule has 6 heteroatoms. The zero-order valence-electron chi connectivity index (χ0n) is 14.6. The van der Waals surface area contributed by atoms with E-state index in [4.69, 9.17) is 0 Å². The minimum atomic E-state index is -0.899. The number of rotatable bonds is 4. The SMILES string of the molecule is O=C(O)[C@@H]1C[C@@H]2CCCC[C@H]2N1C(=O)c1cnn(Cc2ccccc2)c1. The highest BCUT2D eigenvalue weighted by molar-refractivity contribution is 5.97. The van der Waals surface area contributed by atoms with Crippen LogP contribution >= 0.6 is 0 Å². The van der Waals surface area contributed by atoms with Crippen LogP contribution in [0.5, 0.6) is 0 Å². The lowest BCUT2D eigenvalue weighted by Gasteiger charge is -2.32. The van der Waals surface area contributed by atoms with Gasteiger partial charge in [-0.15, -0.1) is 0 Å². The van der Waals surface area contributed by atoms with Crippen molar-refractivity contribution in [3.63, 3.8) is 0 Å². The highest BCUT2D eigenvalue weighted by atomic mass is 16.4. The molecule has 1 aromatic carbocycles. The van der Waals surface area contributed by atoms with Crippen LogP contribution in [-0.2, 0) is 11.3 Å². The molecule has 6 nitrogen and oxygen atoms in total. The number of amides is 1. The van der Waals surface area contributed by atoms with Crippen molar-refractivity contribution in [3.8, 4) is 0 Å². The molecule has 2 aliphatic rings. The Morgan fingerprint density at radius 2 is 1.92 bits per heavy atom. The third-order valence-electron chi connectivity index (χ3n) is 5.68. The normalized spacial score (nSPS) is 25.1. The summed E-state index contributed by atoms with van der Waals surface area (Å²) in [5.74, 6) is -0.788. The van der Waals surface area contributed by atoms with E-state index in [0.717, 1.165) is 31.2 Å². The number of hydrogen-bond acceptors (Lipinski definition) is 3. The second-order valence-corrected chi connectivity index (χ2v) is 7.33. The van der Waals surface area contributed by atoms with Gasteiger partial charge in [0.05, 0.1) is 18.3 Å². The van der Waals surface area contributed by atoms with E-state index < -0.39 is 12.0 Å². The van der Waals surface area contributed by atoms with Crippen LogP contribution in [-0.4, -0.2) is 43.7 Å². The third kappa shape index (κ3) is 3.11. The third-order valence-corrected chi connectivity index (χ3v) is 5.68. The number of carboxylic acid groups (broad SMARTS) is 1. The Hall–Kier alpha value is -2.63. The summed E-state index contributed by atoms with van der Waals surface area (Å²) in [6.07, 6.45) is 7.97. The van der Waals surface area contributed by atoms with Crippen LogP contribution in [0.15, 0.2) is 42.7 Å². The van der Waals surface area contributed by atoms with Gasteiger partial charge in [0.15, 0.2) is 0 Å². The second-order valence-electron chi connectivity index (χ2n) is 7.33. The molecular weight excluding hydrogens is 330 g/mol. The van der Waals surface area contributed by atoms with Crippen molar-refractivity contribution >= 4 is 11.9 Å². The summed E-state index contributed by atoms with van der Waals surface area (Å²) >= 11 is 0. The van der Waals surface area contributed by atoms with Gasteiger partial charge in [-0.05, 0) is 30.7 Å². The van der Waals surface area contributed by atoms with Crippen LogP contribution in [0.2, 0.25) is 0 Å². The molecule has 2 aromatic rings. The van der Waals surface area contributed by atoms with Crippen molar-refractivity contribution in [3.05, 3.63) is 53.9 Å². The predicted octanol–water partition coefficient (Wildman–Crippen LogP) is 2.79. The number of aromatic nitrogens is 2. The predicted molar refractivity (Wildman–Crippen MR) is 95.7 cm³/mol. The maximum absolute atomic E-state index is 13.1. The minimum absolute atomic E-state index is 0.0508. The van der Waals surface area contributed by atoms with Gasteiger partial charge in [-0.1, -0.05) is 43.2 Å². The molecule has 1 aromatic heterocycles. The van der Waals surface area contributed by atoms with Gasteiger partial charge in [0, 0.05) is 12.2 Å². The Bertz CT molecular complexity index is 802. The number of benzene rings is 1. The summed E-state index contributed by atoms with van der Waals surface area (Å²) in [6, 6.07) is 9.25. The smallest absolute Gasteiger partial charge is 0.326 e. The van der Waals surface area contributed by atoms with Crippen LogP contribution in [0, 0.1) is 5.92 Å². The first kappa shape index (κ1) is 16.8. The fourth-order valence-electron chi connectivity index (χ4n) is 4.45. The van der Waals surface area contributed by atoms with Crippen LogP contribution in [0.25, 0.3) is 0 Å². The summed E-state index contributed by atoms with van der Waals surface area (Å²) in [5.41, 5.74) is 1.57. The molecule has 1 aliphatic heterocycles. The van der Waals surface area contributed by atoms with Crippen LogP contribution in [0.3, 0.4) is 0 Å². The molecule has 2 heterocycles. The fourth-order valence-corrected chi connectivity index (χ4v) is 4.45. The first-order chi connectivity index (χ1) is 12.6. The van der Waals surface area contributed by atoms with Gasteiger partial charge < -0.3 is 10.0 Å². The van der Waals surface area contributed by atoms with E-state index in [9.17, 15) is 14.7 Å². The molecule has 136 valence electrons. The molecular formula is C20H23N3O3. The number of carbonyl (C=O) groups excluding carboxylic acids is 1. The van der Waals surface area contributed by atoms with Gasteiger partial charge in [-0.2, -0.15) is 5.10 Å². The van der Waals surface area contributed by atoms with Crippen molar-refractivity contribution in [2.24, 2.45) is 5.92 Å². The summed E-state index contributed by atoms with van der Waals surface area (Å²) in [6.45, 7) is 0.586. The lowest BCUT2D eigenvalue weighted by Crippen LogP contribution is -2.46. The first-order valence-corrected chi connectivity index (χ1v) is 9.25. The lowest BCUT2D eigenvalue weighted by atomic mass is 9.84. The second kappa shape index (κ2) is 6.94. The number of hydrogen-bond donors (Lipinski definition) is 1. The molecule has 0 radical (unpaired) electrons. The maximum atomic E-state index is 13.1. The van der Waals surface area contributed by atoms with Gasteiger partial charge in [0.25, 0.3) is 5.91 Å². The van der Waals surface area contributed by atoms with Gasteiger partial charge in [0.2, 0.25) is 0 Å². The molecule has 0 spiro atoms. The summed E-state index contributed by atoms with van der Waals surface area (Å²) < 4.78 is 1.73. The monoisotopic (exact) mass is 353 g/mol. The molecule has 1 amide bonds. The van der Waals surface area contributed by atoms with Crippen LogP contribution < -0.4 is 0 Å². The molecule has 1 N–H and O–H groups in total. The van der Waals surface area contributed by atoms with Gasteiger partial charge in [0.1, 0.15) is 6.04 Å². The van der Waals surface area contributed by atoms with E-state index in [1.807, 2.05) is 30.3 Å². The summed E-state index contributed by atoms with van der Waals surface area (Å²) in [7, 11) is 0. The van der Waals surface area contributed by atoms with E-state index in [1.54, 1.807) is 22.0 Å². The molecule has 4 rings (SSSR count). The first-order valence-electron chi connectivity index (χ1n) is 9.25. The van der Waals surface area contributed by atoms with E-state index in [1.165, 1.54) is 0 Å². The highest BCUT2D eigenvalue weighted by Gasteiger charge is 2.47. The van der Waals surface area contributed by atoms with E-state index in [-0.39, 0.29) is 11.9 Å². The highest BCUT2D eigenvalue weighted by Crippen LogP contribution is 2.40. The van der Waals surface area contributed by atoms with Crippen LogP contribution in [0.1, 0.15) is 48.0 Å². The van der Waals surface area contributed by atoms with E-state index in [0.29, 0.717) is 24.4 Å². The van der Waals surface area contributed by atoms with Gasteiger partial charge in [-0.3, -0.25) is 9.48 Å². The Morgan fingerprint density at radius 3 is 2.69 bits per heavy atom. The number of nitrogens with zero attached hydrogens (tertiary/aromatic N) is 3. The zero-order valence-corrected chi connectivity index (χ0v) is 14.6.